The second-order valence-electron chi connectivity index (χ2n) is 4.80. The van der Waals surface area contributed by atoms with Crippen LogP contribution >= 0.6 is 27.5 Å². The minimum Gasteiger partial charge on any atom is -0.493 e. The van der Waals surface area contributed by atoms with E-state index in [1.807, 2.05) is 6.92 Å². The second-order valence-corrected chi connectivity index (χ2v) is 6.06. The van der Waals surface area contributed by atoms with Crippen LogP contribution < -0.4 is 14.8 Å². The van der Waals surface area contributed by atoms with Crippen molar-refractivity contribution < 1.29 is 19.2 Å². The third-order valence-electron chi connectivity index (χ3n) is 3.18. The van der Waals surface area contributed by atoms with Crippen molar-refractivity contribution in [2.75, 3.05) is 19.0 Å². The first-order chi connectivity index (χ1) is 11.9. The molecule has 0 aliphatic carbocycles. The fraction of sp³-hybridized carbons (Fsp3) is 0.188. The van der Waals surface area contributed by atoms with Crippen molar-refractivity contribution in [1.29, 1.82) is 0 Å². The first-order valence-electron chi connectivity index (χ1n) is 7.13. The summed E-state index contributed by atoms with van der Waals surface area (Å²) in [5.41, 5.74) is 0.264. The summed E-state index contributed by atoms with van der Waals surface area (Å²) in [4.78, 5) is 22.8. The van der Waals surface area contributed by atoms with E-state index in [0.717, 1.165) is 0 Å². The van der Waals surface area contributed by atoms with Crippen LogP contribution in [0.25, 0.3) is 0 Å². The molecule has 0 radical (unpaired) electrons. The summed E-state index contributed by atoms with van der Waals surface area (Å²) in [5.74, 6) is 0.422. The molecule has 0 aromatic heterocycles. The van der Waals surface area contributed by atoms with Crippen LogP contribution in [0.1, 0.15) is 17.3 Å². The first-order valence-corrected chi connectivity index (χ1v) is 8.30. The number of amides is 1. The molecule has 0 aliphatic heterocycles. The molecular weight excluding hydrogens is 416 g/mol. The van der Waals surface area contributed by atoms with Crippen molar-refractivity contribution in [2.45, 2.75) is 6.92 Å². The molecule has 1 N–H and O–H groups in total. The van der Waals surface area contributed by atoms with Crippen LogP contribution in [0.4, 0.5) is 11.4 Å². The van der Waals surface area contributed by atoms with E-state index >= 15 is 0 Å². The lowest BCUT2D eigenvalue weighted by Gasteiger charge is -2.13. The molecule has 2 aromatic carbocycles. The van der Waals surface area contributed by atoms with Crippen LogP contribution in [0, 0.1) is 10.1 Å². The number of carbonyl (C=O) groups is 1. The van der Waals surface area contributed by atoms with E-state index in [2.05, 4.69) is 21.2 Å². The molecule has 0 bridgehead atoms. The van der Waals surface area contributed by atoms with Gasteiger partial charge in [-0.15, -0.1) is 0 Å². The molecule has 1 amide bonds. The summed E-state index contributed by atoms with van der Waals surface area (Å²) in [5, 5.41) is 13.5. The Labute approximate surface area is 157 Å². The Kier molecular flexibility index (Phi) is 6.22. The monoisotopic (exact) mass is 428 g/mol. The molecule has 0 heterocycles. The Morgan fingerprint density at radius 2 is 2.08 bits per heavy atom. The van der Waals surface area contributed by atoms with Gasteiger partial charge < -0.3 is 14.8 Å². The zero-order valence-electron chi connectivity index (χ0n) is 13.3. The normalized spacial score (nSPS) is 10.2. The van der Waals surface area contributed by atoms with Crippen molar-refractivity contribution in [3.05, 3.63) is 55.5 Å². The largest absolute Gasteiger partial charge is 0.493 e. The molecule has 0 unspecified atom stereocenters. The molecule has 132 valence electrons. The quantitative estimate of drug-likeness (QED) is 0.532. The Hall–Kier alpha value is -2.32. The van der Waals surface area contributed by atoms with Crippen molar-refractivity contribution in [3.63, 3.8) is 0 Å². The zero-order chi connectivity index (χ0) is 18.6. The van der Waals surface area contributed by atoms with E-state index < -0.39 is 10.8 Å². The van der Waals surface area contributed by atoms with Gasteiger partial charge in [-0.2, -0.15) is 0 Å². The Morgan fingerprint density at radius 1 is 1.36 bits per heavy atom. The van der Waals surface area contributed by atoms with E-state index in [9.17, 15) is 14.9 Å². The highest BCUT2D eigenvalue weighted by molar-refractivity contribution is 9.10. The minimum absolute atomic E-state index is 0.00604. The van der Waals surface area contributed by atoms with Crippen molar-refractivity contribution in [3.8, 4) is 11.5 Å². The van der Waals surface area contributed by atoms with Gasteiger partial charge in [-0.25, -0.2) is 0 Å². The fourth-order valence-corrected chi connectivity index (χ4v) is 2.81. The molecule has 0 saturated carbocycles. The molecular formula is C16H14BrClN2O5. The topological polar surface area (TPSA) is 90.7 Å². The molecule has 0 saturated heterocycles. The smallest absolute Gasteiger partial charge is 0.289 e. The number of halogens is 2. The summed E-state index contributed by atoms with van der Waals surface area (Å²) in [6.45, 7) is 2.27. The number of methoxy groups -OCH3 is 1. The van der Waals surface area contributed by atoms with Crippen LogP contribution in [0.5, 0.6) is 11.5 Å². The summed E-state index contributed by atoms with van der Waals surface area (Å²) in [7, 11) is 1.47. The van der Waals surface area contributed by atoms with Gasteiger partial charge in [0.2, 0.25) is 0 Å². The molecule has 9 heteroatoms. The van der Waals surface area contributed by atoms with E-state index in [-0.39, 0.29) is 16.4 Å². The maximum absolute atomic E-state index is 12.4. The lowest BCUT2D eigenvalue weighted by molar-refractivity contribution is -0.384. The van der Waals surface area contributed by atoms with Gasteiger partial charge in [0.1, 0.15) is 5.02 Å². The maximum Gasteiger partial charge on any atom is 0.289 e. The summed E-state index contributed by atoms with van der Waals surface area (Å²) < 4.78 is 11.3. The molecule has 0 atom stereocenters. The number of ether oxygens (including phenoxy) is 2. The number of nitrogens with one attached hydrogen (secondary N) is 1. The Bertz CT molecular complexity index is 828. The third kappa shape index (κ3) is 4.40. The number of nitro groups is 1. The van der Waals surface area contributed by atoms with Gasteiger partial charge in [-0.05, 0) is 47.1 Å². The Morgan fingerprint density at radius 3 is 2.68 bits per heavy atom. The predicted molar refractivity (Wildman–Crippen MR) is 97.9 cm³/mol. The number of nitro benzene ring substituents is 1. The molecule has 25 heavy (non-hydrogen) atoms. The highest BCUT2D eigenvalue weighted by Crippen LogP contribution is 2.37. The molecule has 0 aliphatic rings. The van der Waals surface area contributed by atoms with Crippen molar-refractivity contribution in [1.82, 2.24) is 0 Å². The number of rotatable bonds is 6. The summed E-state index contributed by atoms with van der Waals surface area (Å²) in [6, 6.07) is 7.13. The minimum atomic E-state index is -0.617. The number of anilines is 1. The predicted octanol–water partition coefficient (Wildman–Crippen LogP) is 4.67. The number of hydrogen-bond donors (Lipinski definition) is 1. The molecule has 0 fully saturated rings. The van der Waals surface area contributed by atoms with E-state index in [1.165, 1.54) is 31.4 Å². The number of hydrogen-bond acceptors (Lipinski definition) is 5. The average molecular weight is 430 g/mol. The standard InChI is InChI=1S/C16H14BrClN2O5/c1-3-25-15-11(17)6-9(7-14(15)24-2)16(21)19-10-4-5-12(18)13(8-10)20(22)23/h4-8H,3H2,1-2H3,(H,19,21). The molecule has 0 spiro atoms. The van der Waals surface area contributed by atoms with Gasteiger partial charge in [-0.1, -0.05) is 11.6 Å². The average Bonchev–Trinajstić information content (AvgIpc) is 2.57. The van der Waals surface area contributed by atoms with E-state index in [1.54, 1.807) is 6.07 Å². The molecule has 2 aromatic rings. The third-order valence-corrected chi connectivity index (χ3v) is 4.09. The number of benzene rings is 2. The maximum atomic E-state index is 12.4. The lowest BCUT2D eigenvalue weighted by Crippen LogP contribution is -2.12. The molecule has 2 rings (SSSR count). The van der Waals surface area contributed by atoms with E-state index in [0.29, 0.717) is 28.1 Å². The van der Waals surface area contributed by atoms with Gasteiger partial charge in [0.15, 0.2) is 11.5 Å². The number of nitrogens with zero attached hydrogens (tertiary/aromatic N) is 1. The summed E-state index contributed by atoms with van der Waals surface area (Å²) >= 11 is 9.10. The SMILES string of the molecule is CCOc1c(Br)cc(C(=O)Nc2ccc(Cl)c([N+](=O)[O-])c2)cc1OC. The first kappa shape index (κ1) is 19.0. The Balaban J connectivity index is 2.31. The van der Waals surface area contributed by atoms with Crippen LogP contribution in [0.2, 0.25) is 5.02 Å². The van der Waals surface area contributed by atoms with Gasteiger partial charge >= 0.3 is 0 Å². The van der Waals surface area contributed by atoms with Gasteiger partial charge in [0, 0.05) is 17.3 Å². The van der Waals surface area contributed by atoms with Gasteiger partial charge in [0.05, 0.1) is 23.1 Å². The van der Waals surface area contributed by atoms with Crippen LogP contribution in [-0.2, 0) is 0 Å². The zero-order valence-corrected chi connectivity index (χ0v) is 15.7. The van der Waals surface area contributed by atoms with Crippen LogP contribution in [-0.4, -0.2) is 24.5 Å². The van der Waals surface area contributed by atoms with Crippen molar-refractivity contribution >= 4 is 44.8 Å². The second kappa shape index (κ2) is 8.17. The van der Waals surface area contributed by atoms with E-state index in [4.69, 9.17) is 21.1 Å². The van der Waals surface area contributed by atoms with Gasteiger partial charge in [-0.3, -0.25) is 14.9 Å². The van der Waals surface area contributed by atoms with Gasteiger partial charge in [0.25, 0.3) is 11.6 Å². The highest BCUT2D eigenvalue weighted by atomic mass is 79.9. The fourth-order valence-electron chi connectivity index (χ4n) is 2.07. The molecule has 7 nitrogen and oxygen atoms in total. The number of carbonyl (C=O) groups excluding carboxylic acids is 1. The summed E-state index contributed by atoms with van der Waals surface area (Å²) in [6.07, 6.45) is 0. The van der Waals surface area contributed by atoms with Crippen molar-refractivity contribution in [2.24, 2.45) is 0 Å². The lowest BCUT2D eigenvalue weighted by atomic mass is 10.1. The van der Waals surface area contributed by atoms with Crippen LogP contribution in [0.3, 0.4) is 0 Å². The highest BCUT2D eigenvalue weighted by Gasteiger charge is 2.17. The van der Waals surface area contributed by atoms with Crippen LogP contribution in [0.15, 0.2) is 34.8 Å².